The number of amides is 1. The molecular weight excluding hydrogens is 268 g/mol. The molecule has 5 nitrogen and oxygen atoms in total. The van der Waals surface area contributed by atoms with E-state index in [1.807, 2.05) is 18.2 Å². The van der Waals surface area contributed by atoms with Gasteiger partial charge in [-0.05, 0) is 30.2 Å². The van der Waals surface area contributed by atoms with Crippen LogP contribution in [0.3, 0.4) is 0 Å². The number of nitrogens with two attached hydrogens (primary N) is 1. The molecule has 0 fully saturated rings. The van der Waals surface area contributed by atoms with Crippen LogP contribution in [0.4, 0.5) is 0 Å². The Labute approximate surface area is 126 Å². The summed E-state index contributed by atoms with van der Waals surface area (Å²) in [5, 5.41) is 3.38. The van der Waals surface area contributed by atoms with Gasteiger partial charge >= 0.3 is 0 Å². The average Bonchev–Trinajstić information content (AvgIpc) is 2.44. The molecule has 5 heteroatoms. The van der Waals surface area contributed by atoms with Crippen molar-refractivity contribution >= 4 is 5.91 Å². The predicted molar refractivity (Wildman–Crippen MR) is 83.4 cm³/mol. The molecule has 0 saturated carbocycles. The molecule has 1 amide bonds. The number of hydrogen-bond donors (Lipinski definition) is 2. The quantitative estimate of drug-likeness (QED) is 0.730. The number of methoxy groups -OCH3 is 1. The minimum Gasteiger partial charge on any atom is -0.493 e. The van der Waals surface area contributed by atoms with E-state index in [0.29, 0.717) is 17.4 Å². The van der Waals surface area contributed by atoms with Crippen molar-refractivity contribution in [2.75, 3.05) is 20.3 Å². The average molecular weight is 294 g/mol. The summed E-state index contributed by atoms with van der Waals surface area (Å²) >= 11 is 0. The zero-order chi connectivity index (χ0) is 15.8. The van der Waals surface area contributed by atoms with Crippen LogP contribution >= 0.6 is 0 Å². The van der Waals surface area contributed by atoms with E-state index in [4.69, 9.17) is 15.2 Å². The van der Waals surface area contributed by atoms with Crippen LogP contribution in [0.25, 0.3) is 0 Å². The van der Waals surface area contributed by atoms with Gasteiger partial charge in [0.1, 0.15) is 0 Å². The number of carbonyl (C=O) groups is 1. The van der Waals surface area contributed by atoms with Crippen molar-refractivity contribution in [3.05, 3.63) is 23.8 Å². The SMILES string of the molecule is COc1ccc(CNCC(C)C)cc1OCC(C)C(N)=O. The largest absolute Gasteiger partial charge is 0.493 e. The molecule has 0 spiro atoms. The molecule has 0 radical (unpaired) electrons. The van der Waals surface area contributed by atoms with Crippen LogP contribution in [0.5, 0.6) is 11.5 Å². The van der Waals surface area contributed by atoms with Crippen molar-refractivity contribution in [2.24, 2.45) is 17.6 Å². The maximum absolute atomic E-state index is 11.0. The standard InChI is InChI=1S/C16H26N2O3/c1-11(2)8-18-9-13-5-6-14(20-4)15(7-13)21-10-12(3)16(17)19/h5-7,11-12,18H,8-10H2,1-4H3,(H2,17,19). The van der Waals surface area contributed by atoms with Gasteiger partial charge in [0, 0.05) is 6.54 Å². The molecule has 21 heavy (non-hydrogen) atoms. The van der Waals surface area contributed by atoms with E-state index in [9.17, 15) is 4.79 Å². The number of carbonyl (C=O) groups excluding carboxylic acids is 1. The first-order valence-corrected chi connectivity index (χ1v) is 7.23. The summed E-state index contributed by atoms with van der Waals surface area (Å²) in [6.07, 6.45) is 0. The summed E-state index contributed by atoms with van der Waals surface area (Å²) in [6.45, 7) is 8.05. The van der Waals surface area contributed by atoms with Crippen molar-refractivity contribution in [1.82, 2.24) is 5.32 Å². The molecule has 0 aromatic heterocycles. The molecule has 0 saturated heterocycles. The Hall–Kier alpha value is -1.75. The van der Waals surface area contributed by atoms with Crippen LogP contribution in [0.15, 0.2) is 18.2 Å². The number of benzene rings is 1. The fourth-order valence-corrected chi connectivity index (χ4v) is 1.75. The zero-order valence-electron chi connectivity index (χ0n) is 13.3. The van der Waals surface area contributed by atoms with Crippen molar-refractivity contribution in [3.63, 3.8) is 0 Å². The lowest BCUT2D eigenvalue weighted by Crippen LogP contribution is -2.26. The van der Waals surface area contributed by atoms with Gasteiger partial charge in [0.15, 0.2) is 11.5 Å². The Morgan fingerprint density at radius 2 is 2.00 bits per heavy atom. The maximum Gasteiger partial charge on any atom is 0.223 e. The Balaban J connectivity index is 2.68. The Morgan fingerprint density at radius 1 is 1.29 bits per heavy atom. The monoisotopic (exact) mass is 294 g/mol. The van der Waals surface area contributed by atoms with Crippen molar-refractivity contribution < 1.29 is 14.3 Å². The van der Waals surface area contributed by atoms with Gasteiger partial charge in [-0.15, -0.1) is 0 Å². The van der Waals surface area contributed by atoms with Crippen molar-refractivity contribution in [1.29, 1.82) is 0 Å². The Kier molecular flexibility index (Phi) is 7.02. The normalized spacial score (nSPS) is 12.2. The van der Waals surface area contributed by atoms with Gasteiger partial charge in [0.25, 0.3) is 0 Å². The first kappa shape index (κ1) is 17.3. The minimum atomic E-state index is -0.372. The number of primary amides is 1. The molecule has 1 unspecified atom stereocenters. The lowest BCUT2D eigenvalue weighted by atomic mass is 10.1. The second-order valence-electron chi connectivity index (χ2n) is 5.62. The lowest BCUT2D eigenvalue weighted by molar-refractivity contribution is -0.122. The summed E-state index contributed by atoms with van der Waals surface area (Å²) in [6, 6.07) is 5.80. The van der Waals surface area contributed by atoms with Gasteiger partial charge in [0.05, 0.1) is 19.6 Å². The molecular formula is C16H26N2O3. The molecule has 0 aliphatic heterocycles. The van der Waals surface area contributed by atoms with E-state index in [2.05, 4.69) is 19.2 Å². The van der Waals surface area contributed by atoms with Crippen LogP contribution in [-0.4, -0.2) is 26.2 Å². The fourth-order valence-electron chi connectivity index (χ4n) is 1.75. The van der Waals surface area contributed by atoms with E-state index in [1.165, 1.54) is 0 Å². The van der Waals surface area contributed by atoms with E-state index >= 15 is 0 Å². The van der Waals surface area contributed by atoms with Gasteiger partial charge in [-0.3, -0.25) is 4.79 Å². The van der Waals surface area contributed by atoms with Crippen LogP contribution < -0.4 is 20.5 Å². The van der Waals surface area contributed by atoms with Crippen LogP contribution in [0.1, 0.15) is 26.3 Å². The third-order valence-electron chi connectivity index (χ3n) is 3.08. The molecule has 0 heterocycles. The highest BCUT2D eigenvalue weighted by atomic mass is 16.5. The molecule has 0 bridgehead atoms. The Morgan fingerprint density at radius 3 is 2.57 bits per heavy atom. The van der Waals surface area contributed by atoms with Gasteiger partial charge in [-0.2, -0.15) is 0 Å². The molecule has 1 aromatic rings. The van der Waals surface area contributed by atoms with Gasteiger partial charge in [0.2, 0.25) is 5.91 Å². The van der Waals surface area contributed by atoms with E-state index < -0.39 is 0 Å². The topological polar surface area (TPSA) is 73.6 Å². The molecule has 118 valence electrons. The molecule has 1 atom stereocenters. The molecule has 1 rings (SSSR count). The smallest absolute Gasteiger partial charge is 0.223 e. The highest BCUT2D eigenvalue weighted by Gasteiger charge is 2.12. The number of hydrogen-bond acceptors (Lipinski definition) is 4. The molecule has 0 aliphatic carbocycles. The second kappa shape index (κ2) is 8.52. The number of ether oxygens (including phenoxy) is 2. The lowest BCUT2D eigenvalue weighted by Gasteiger charge is -2.15. The molecule has 0 aliphatic rings. The van der Waals surface area contributed by atoms with Crippen LogP contribution in [0, 0.1) is 11.8 Å². The number of rotatable bonds is 9. The van der Waals surface area contributed by atoms with Gasteiger partial charge in [-0.25, -0.2) is 0 Å². The van der Waals surface area contributed by atoms with E-state index in [0.717, 1.165) is 18.7 Å². The summed E-state index contributed by atoms with van der Waals surface area (Å²) in [5.74, 6) is 1.19. The third-order valence-corrected chi connectivity index (χ3v) is 3.08. The van der Waals surface area contributed by atoms with Gasteiger partial charge in [-0.1, -0.05) is 26.8 Å². The maximum atomic E-state index is 11.0. The first-order chi connectivity index (χ1) is 9.93. The second-order valence-corrected chi connectivity index (χ2v) is 5.62. The van der Waals surface area contributed by atoms with Crippen molar-refractivity contribution in [3.8, 4) is 11.5 Å². The highest BCUT2D eigenvalue weighted by molar-refractivity contribution is 5.76. The van der Waals surface area contributed by atoms with Gasteiger partial charge < -0.3 is 20.5 Å². The molecule has 1 aromatic carbocycles. The summed E-state index contributed by atoms with van der Waals surface area (Å²) in [4.78, 5) is 11.0. The summed E-state index contributed by atoms with van der Waals surface area (Å²) in [5.41, 5.74) is 6.34. The van der Waals surface area contributed by atoms with Crippen LogP contribution in [0.2, 0.25) is 0 Å². The fraction of sp³-hybridized carbons (Fsp3) is 0.562. The van der Waals surface area contributed by atoms with Crippen LogP contribution in [-0.2, 0) is 11.3 Å². The summed E-state index contributed by atoms with van der Waals surface area (Å²) < 4.78 is 10.9. The third kappa shape index (κ3) is 6.04. The Bertz CT molecular complexity index is 461. The highest BCUT2D eigenvalue weighted by Crippen LogP contribution is 2.28. The number of nitrogens with one attached hydrogen (secondary N) is 1. The van der Waals surface area contributed by atoms with E-state index in [-0.39, 0.29) is 18.4 Å². The summed E-state index contributed by atoms with van der Waals surface area (Å²) in [7, 11) is 1.59. The van der Waals surface area contributed by atoms with E-state index in [1.54, 1.807) is 14.0 Å². The first-order valence-electron chi connectivity index (χ1n) is 7.23. The molecule has 3 N–H and O–H groups in total. The van der Waals surface area contributed by atoms with Crippen molar-refractivity contribution in [2.45, 2.75) is 27.3 Å². The predicted octanol–water partition coefficient (Wildman–Crippen LogP) is 1.94. The minimum absolute atomic E-state index is 0.245. The zero-order valence-corrected chi connectivity index (χ0v) is 13.3.